The molecule has 4 nitrogen and oxygen atoms in total. The van der Waals surface area contributed by atoms with Crippen molar-refractivity contribution >= 4 is 22.6 Å². The second kappa shape index (κ2) is 5.49. The molecule has 0 atom stereocenters. The van der Waals surface area contributed by atoms with Crippen molar-refractivity contribution in [2.45, 2.75) is 13.3 Å². The van der Waals surface area contributed by atoms with Crippen LogP contribution in [0.3, 0.4) is 0 Å². The van der Waals surface area contributed by atoms with E-state index in [9.17, 15) is 4.79 Å². The largest absolute Gasteiger partial charge is 0.481 e. The molecule has 0 radical (unpaired) electrons. The van der Waals surface area contributed by atoms with Crippen molar-refractivity contribution in [2.75, 3.05) is 18.0 Å². The number of hydrogen-bond donors (Lipinski definition) is 1. The standard InChI is InChI=1S/C14H16N2O2/c1-2-16(10-8-14(17)18)13-7-9-15-12-6-4-3-5-11(12)13/h3-7,9H,2,8,10H2,1H3,(H,17,18). The number of hydrogen-bond acceptors (Lipinski definition) is 3. The van der Waals surface area contributed by atoms with Gasteiger partial charge in [0.15, 0.2) is 0 Å². The number of aliphatic carboxylic acids is 1. The van der Waals surface area contributed by atoms with Gasteiger partial charge in [0, 0.05) is 30.4 Å². The number of carbonyl (C=O) groups is 1. The lowest BCUT2D eigenvalue weighted by atomic mass is 10.1. The van der Waals surface area contributed by atoms with Gasteiger partial charge in [0.1, 0.15) is 0 Å². The zero-order valence-corrected chi connectivity index (χ0v) is 10.3. The van der Waals surface area contributed by atoms with Crippen LogP contribution in [0.5, 0.6) is 0 Å². The number of pyridine rings is 1. The number of aromatic nitrogens is 1. The highest BCUT2D eigenvalue weighted by Gasteiger charge is 2.10. The molecule has 0 aliphatic heterocycles. The summed E-state index contributed by atoms with van der Waals surface area (Å²) in [5.74, 6) is -0.771. The Morgan fingerprint density at radius 1 is 1.33 bits per heavy atom. The third kappa shape index (κ3) is 2.59. The first-order chi connectivity index (χ1) is 8.72. The van der Waals surface area contributed by atoms with Crippen LogP contribution in [0.2, 0.25) is 0 Å². The minimum Gasteiger partial charge on any atom is -0.481 e. The fourth-order valence-electron chi connectivity index (χ4n) is 2.04. The van der Waals surface area contributed by atoms with Crippen molar-refractivity contribution in [1.82, 2.24) is 4.98 Å². The number of carboxylic acid groups (broad SMARTS) is 1. The Bertz CT molecular complexity index is 549. The zero-order chi connectivity index (χ0) is 13.0. The third-order valence-electron chi connectivity index (χ3n) is 2.94. The van der Waals surface area contributed by atoms with Gasteiger partial charge in [0.2, 0.25) is 0 Å². The van der Waals surface area contributed by atoms with E-state index in [2.05, 4.69) is 9.88 Å². The van der Waals surface area contributed by atoms with Gasteiger partial charge in [0.05, 0.1) is 11.9 Å². The van der Waals surface area contributed by atoms with Crippen molar-refractivity contribution in [3.63, 3.8) is 0 Å². The molecule has 1 N–H and O–H groups in total. The summed E-state index contributed by atoms with van der Waals surface area (Å²) in [4.78, 5) is 17.1. The van der Waals surface area contributed by atoms with E-state index in [-0.39, 0.29) is 6.42 Å². The fourth-order valence-corrected chi connectivity index (χ4v) is 2.04. The Morgan fingerprint density at radius 3 is 2.83 bits per heavy atom. The lowest BCUT2D eigenvalue weighted by molar-refractivity contribution is -0.136. The van der Waals surface area contributed by atoms with Gasteiger partial charge in [-0.25, -0.2) is 0 Å². The molecule has 0 aliphatic rings. The van der Waals surface area contributed by atoms with Crippen LogP contribution in [-0.2, 0) is 4.79 Å². The van der Waals surface area contributed by atoms with Crippen molar-refractivity contribution in [3.05, 3.63) is 36.5 Å². The molecule has 1 heterocycles. The maximum atomic E-state index is 10.7. The number of fused-ring (bicyclic) bond motifs is 1. The summed E-state index contributed by atoms with van der Waals surface area (Å²) in [6.45, 7) is 3.32. The molecule has 0 spiro atoms. The maximum absolute atomic E-state index is 10.7. The molecule has 2 aromatic rings. The summed E-state index contributed by atoms with van der Waals surface area (Å²) in [6.07, 6.45) is 1.91. The number of nitrogens with zero attached hydrogens (tertiary/aromatic N) is 2. The monoisotopic (exact) mass is 244 g/mol. The Hall–Kier alpha value is -2.10. The summed E-state index contributed by atoms with van der Waals surface area (Å²) < 4.78 is 0. The molecule has 0 saturated heterocycles. The van der Waals surface area contributed by atoms with Gasteiger partial charge < -0.3 is 10.0 Å². The molecule has 94 valence electrons. The second-order valence-electron chi connectivity index (χ2n) is 4.07. The van der Waals surface area contributed by atoms with Gasteiger partial charge >= 0.3 is 5.97 Å². The van der Waals surface area contributed by atoms with Crippen LogP contribution in [0.1, 0.15) is 13.3 Å². The van der Waals surface area contributed by atoms with Crippen LogP contribution in [0.4, 0.5) is 5.69 Å². The van der Waals surface area contributed by atoms with Crippen molar-refractivity contribution in [2.24, 2.45) is 0 Å². The average Bonchev–Trinajstić information content (AvgIpc) is 2.39. The molecular formula is C14H16N2O2. The number of rotatable bonds is 5. The Kier molecular flexibility index (Phi) is 3.77. The first-order valence-electron chi connectivity index (χ1n) is 6.03. The predicted molar refractivity (Wildman–Crippen MR) is 71.9 cm³/mol. The smallest absolute Gasteiger partial charge is 0.305 e. The lowest BCUT2D eigenvalue weighted by Crippen LogP contribution is -2.25. The van der Waals surface area contributed by atoms with E-state index < -0.39 is 5.97 Å². The highest BCUT2D eigenvalue weighted by Crippen LogP contribution is 2.24. The fraction of sp³-hybridized carbons (Fsp3) is 0.286. The van der Waals surface area contributed by atoms with Crippen LogP contribution in [-0.4, -0.2) is 29.1 Å². The molecule has 0 aliphatic carbocycles. The van der Waals surface area contributed by atoms with Crippen molar-refractivity contribution in [3.8, 4) is 0 Å². The predicted octanol–water partition coefficient (Wildman–Crippen LogP) is 2.54. The molecule has 0 unspecified atom stereocenters. The molecule has 0 saturated carbocycles. The van der Waals surface area contributed by atoms with E-state index in [1.807, 2.05) is 37.3 Å². The molecule has 18 heavy (non-hydrogen) atoms. The van der Waals surface area contributed by atoms with Crippen molar-refractivity contribution < 1.29 is 9.90 Å². The highest BCUT2D eigenvalue weighted by molar-refractivity contribution is 5.91. The van der Waals surface area contributed by atoms with E-state index in [4.69, 9.17) is 5.11 Å². The molecule has 4 heteroatoms. The van der Waals surface area contributed by atoms with Crippen molar-refractivity contribution in [1.29, 1.82) is 0 Å². The zero-order valence-electron chi connectivity index (χ0n) is 10.3. The SMILES string of the molecule is CCN(CCC(=O)O)c1ccnc2ccccc12. The van der Waals surface area contributed by atoms with E-state index in [1.54, 1.807) is 6.20 Å². The topological polar surface area (TPSA) is 53.4 Å². The molecule has 2 rings (SSSR count). The van der Waals surface area contributed by atoms with Gasteiger partial charge in [0.25, 0.3) is 0 Å². The van der Waals surface area contributed by atoms with Gasteiger partial charge in [-0.3, -0.25) is 9.78 Å². The Labute approximate surface area is 106 Å². The maximum Gasteiger partial charge on any atom is 0.305 e. The van der Waals surface area contributed by atoms with Gasteiger partial charge in [-0.1, -0.05) is 18.2 Å². The highest BCUT2D eigenvalue weighted by atomic mass is 16.4. The Balaban J connectivity index is 2.35. The van der Waals surface area contributed by atoms with E-state index in [1.165, 1.54) is 0 Å². The molecule has 1 aromatic heterocycles. The van der Waals surface area contributed by atoms with Crippen LogP contribution in [0.15, 0.2) is 36.5 Å². The lowest BCUT2D eigenvalue weighted by Gasteiger charge is -2.23. The van der Waals surface area contributed by atoms with Gasteiger partial charge in [-0.15, -0.1) is 0 Å². The molecule has 0 bridgehead atoms. The summed E-state index contributed by atoms with van der Waals surface area (Å²) in [7, 11) is 0. The van der Waals surface area contributed by atoms with Gasteiger partial charge in [-0.2, -0.15) is 0 Å². The minimum atomic E-state index is -0.771. The van der Waals surface area contributed by atoms with E-state index >= 15 is 0 Å². The van der Waals surface area contributed by atoms with E-state index in [0.717, 1.165) is 23.1 Å². The summed E-state index contributed by atoms with van der Waals surface area (Å²) in [6, 6.07) is 9.84. The summed E-state index contributed by atoms with van der Waals surface area (Å²) in [5, 5.41) is 9.84. The van der Waals surface area contributed by atoms with Crippen LogP contribution in [0.25, 0.3) is 10.9 Å². The summed E-state index contributed by atoms with van der Waals surface area (Å²) in [5.41, 5.74) is 1.98. The first-order valence-corrected chi connectivity index (χ1v) is 6.03. The first kappa shape index (κ1) is 12.4. The molecule has 1 aromatic carbocycles. The minimum absolute atomic E-state index is 0.143. The van der Waals surface area contributed by atoms with Crippen LogP contribution in [0, 0.1) is 0 Å². The van der Waals surface area contributed by atoms with Gasteiger partial charge in [-0.05, 0) is 19.1 Å². The second-order valence-corrected chi connectivity index (χ2v) is 4.07. The third-order valence-corrected chi connectivity index (χ3v) is 2.94. The Morgan fingerprint density at radius 2 is 2.11 bits per heavy atom. The number of para-hydroxylation sites is 1. The number of carboxylic acids is 1. The number of benzene rings is 1. The number of anilines is 1. The molecule has 0 amide bonds. The van der Waals surface area contributed by atoms with Crippen LogP contribution >= 0.6 is 0 Å². The normalized spacial score (nSPS) is 10.5. The van der Waals surface area contributed by atoms with E-state index in [0.29, 0.717) is 6.54 Å². The molecular weight excluding hydrogens is 228 g/mol. The summed E-state index contributed by atoms with van der Waals surface area (Å²) >= 11 is 0. The average molecular weight is 244 g/mol. The quantitative estimate of drug-likeness (QED) is 0.878. The van der Waals surface area contributed by atoms with Crippen LogP contribution < -0.4 is 4.90 Å². The molecule has 0 fully saturated rings.